The van der Waals surface area contributed by atoms with Crippen molar-refractivity contribution in [1.82, 2.24) is 5.32 Å². The van der Waals surface area contributed by atoms with Gasteiger partial charge in [-0.2, -0.15) is 0 Å². The molecular formula is C30H30N2O7. The number of aliphatic carboxylic acids is 1. The van der Waals surface area contributed by atoms with Crippen LogP contribution in [0, 0.1) is 11.8 Å². The van der Waals surface area contributed by atoms with Crippen molar-refractivity contribution in [2.24, 2.45) is 11.8 Å². The van der Waals surface area contributed by atoms with E-state index >= 15 is 0 Å². The maximum atomic E-state index is 14.0. The molecule has 9 heteroatoms. The second-order valence-electron chi connectivity index (χ2n) is 9.62. The molecule has 2 aliphatic rings. The first-order chi connectivity index (χ1) is 18.8. The Morgan fingerprint density at radius 2 is 1.64 bits per heavy atom. The van der Waals surface area contributed by atoms with Gasteiger partial charge < -0.3 is 19.3 Å². The Morgan fingerprint density at radius 1 is 0.949 bits per heavy atom. The van der Waals surface area contributed by atoms with Crippen LogP contribution in [0.5, 0.6) is 17.2 Å². The number of ether oxygens (including phenoxy) is 3. The lowest BCUT2D eigenvalue weighted by molar-refractivity contribution is -0.148. The van der Waals surface area contributed by atoms with Crippen LogP contribution in [-0.4, -0.2) is 49.3 Å². The number of nitrogens with zero attached hydrogens (tertiary/aromatic N) is 1. The third-order valence-corrected chi connectivity index (χ3v) is 7.53. The van der Waals surface area contributed by atoms with Gasteiger partial charge in [0.05, 0.1) is 38.3 Å². The van der Waals surface area contributed by atoms with Crippen molar-refractivity contribution in [3.8, 4) is 17.2 Å². The Labute approximate surface area is 226 Å². The van der Waals surface area contributed by atoms with Crippen molar-refractivity contribution < 1.29 is 33.7 Å². The zero-order chi connectivity index (χ0) is 27.7. The minimum Gasteiger partial charge on any atom is -0.494 e. The summed E-state index contributed by atoms with van der Waals surface area (Å²) in [5.74, 6) is -2.78. The molecule has 2 N–H and O–H groups in total. The van der Waals surface area contributed by atoms with E-state index in [1.807, 2.05) is 37.3 Å². The van der Waals surface area contributed by atoms with Gasteiger partial charge in [-0.1, -0.05) is 36.4 Å². The summed E-state index contributed by atoms with van der Waals surface area (Å²) in [5, 5.41) is 13.9. The number of amides is 2. The van der Waals surface area contributed by atoms with Crippen LogP contribution >= 0.6 is 0 Å². The molecule has 0 saturated carbocycles. The van der Waals surface area contributed by atoms with E-state index in [0.29, 0.717) is 35.1 Å². The van der Waals surface area contributed by atoms with Gasteiger partial charge in [0.2, 0.25) is 11.8 Å². The second kappa shape index (κ2) is 10.4. The molecule has 2 saturated heterocycles. The zero-order valence-electron chi connectivity index (χ0n) is 21.9. The van der Waals surface area contributed by atoms with Crippen molar-refractivity contribution >= 4 is 23.5 Å². The number of benzene rings is 3. The van der Waals surface area contributed by atoms with E-state index in [-0.39, 0.29) is 6.42 Å². The minimum atomic E-state index is -1.73. The van der Waals surface area contributed by atoms with Crippen molar-refractivity contribution in [2.75, 3.05) is 25.7 Å². The Balaban J connectivity index is 1.63. The molecule has 0 spiro atoms. The van der Waals surface area contributed by atoms with E-state index in [1.54, 1.807) is 42.5 Å². The number of methoxy groups -OCH3 is 2. The van der Waals surface area contributed by atoms with E-state index < -0.39 is 41.2 Å². The molecule has 5 rings (SSSR count). The Hall–Kier alpha value is -4.37. The van der Waals surface area contributed by atoms with Crippen LogP contribution in [0.4, 0.5) is 5.69 Å². The van der Waals surface area contributed by atoms with Gasteiger partial charge >= 0.3 is 5.97 Å². The first-order valence-electron chi connectivity index (χ1n) is 12.7. The quantitative estimate of drug-likeness (QED) is 0.403. The van der Waals surface area contributed by atoms with Crippen LogP contribution in [0.3, 0.4) is 0 Å². The number of hydrogen-bond donors (Lipinski definition) is 2. The number of nitrogens with one attached hydrogen (secondary N) is 1. The minimum absolute atomic E-state index is 0.0181. The number of carboxylic acid groups (broad SMARTS) is 1. The molecule has 2 aliphatic heterocycles. The van der Waals surface area contributed by atoms with Crippen LogP contribution < -0.4 is 24.4 Å². The fraction of sp³-hybridized carbons (Fsp3) is 0.300. The summed E-state index contributed by atoms with van der Waals surface area (Å²) in [6.45, 7) is 2.34. The molecule has 2 heterocycles. The molecule has 0 aromatic heterocycles. The molecule has 0 radical (unpaired) electrons. The average Bonchev–Trinajstić information content (AvgIpc) is 3.43. The summed E-state index contributed by atoms with van der Waals surface area (Å²) in [7, 11) is 3.02. The zero-order valence-corrected chi connectivity index (χ0v) is 21.9. The third kappa shape index (κ3) is 4.38. The summed E-state index contributed by atoms with van der Waals surface area (Å²) >= 11 is 0. The molecule has 4 atom stereocenters. The Bertz CT molecular complexity index is 1390. The van der Waals surface area contributed by atoms with Crippen LogP contribution in [0.25, 0.3) is 0 Å². The number of rotatable bonds is 9. The normalized spacial score (nSPS) is 24.0. The molecule has 202 valence electrons. The molecule has 9 nitrogen and oxygen atoms in total. The molecule has 3 aromatic rings. The maximum absolute atomic E-state index is 14.0. The standard InChI is InChI=1S/C30H30N2O7/c1-4-39-21-13-11-20(12-14-21)32-27(33)24-25(28(32)34)30(29(35)36,17-18-8-6-5-7-9-18)31-26(24)19-10-15-22(37-2)23(16-19)38-3/h5-16,24-26,31H,4,17H2,1-3H3,(H,35,36)/t24-,25+,26-,30-/m0/s1. The van der Waals surface area contributed by atoms with Crippen LogP contribution in [0.2, 0.25) is 0 Å². The first-order valence-corrected chi connectivity index (χ1v) is 12.7. The van der Waals surface area contributed by atoms with Crippen molar-refractivity contribution in [2.45, 2.75) is 24.9 Å². The molecule has 2 fully saturated rings. The first kappa shape index (κ1) is 26.2. The van der Waals surface area contributed by atoms with Crippen molar-refractivity contribution in [3.63, 3.8) is 0 Å². The summed E-state index contributed by atoms with van der Waals surface area (Å²) in [6, 6.07) is 20.2. The van der Waals surface area contributed by atoms with E-state index in [4.69, 9.17) is 14.2 Å². The SMILES string of the molecule is CCOc1ccc(N2C(=O)[C@@H]3[C@H](c4ccc(OC)c(OC)c4)N[C@](Cc4ccccc4)(C(=O)O)[C@H]3C2=O)cc1. The third-order valence-electron chi connectivity index (χ3n) is 7.53. The predicted octanol–water partition coefficient (Wildman–Crippen LogP) is 3.62. The fourth-order valence-corrected chi connectivity index (χ4v) is 5.80. The average molecular weight is 531 g/mol. The Morgan fingerprint density at radius 3 is 2.26 bits per heavy atom. The summed E-state index contributed by atoms with van der Waals surface area (Å²) in [6.07, 6.45) is 0.0181. The summed E-state index contributed by atoms with van der Waals surface area (Å²) in [5.41, 5.74) is -0.00307. The van der Waals surface area contributed by atoms with Gasteiger partial charge in [-0.3, -0.25) is 19.7 Å². The predicted molar refractivity (Wildman–Crippen MR) is 143 cm³/mol. The fourth-order valence-electron chi connectivity index (χ4n) is 5.80. The number of imide groups is 1. The van der Waals surface area contributed by atoms with Gasteiger partial charge in [-0.05, 0) is 54.4 Å². The lowest BCUT2D eigenvalue weighted by Crippen LogP contribution is -2.57. The number of carbonyl (C=O) groups is 3. The highest BCUT2D eigenvalue weighted by molar-refractivity contribution is 6.24. The molecule has 39 heavy (non-hydrogen) atoms. The van der Waals surface area contributed by atoms with Crippen LogP contribution in [0.1, 0.15) is 24.1 Å². The molecule has 0 bridgehead atoms. The van der Waals surface area contributed by atoms with Crippen LogP contribution in [0.15, 0.2) is 72.8 Å². The maximum Gasteiger partial charge on any atom is 0.325 e. The number of hydrogen-bond acceptors (Lipinski definition) is 7. The Kier molecular flexibility index (Phi) is 7.01. The lowest BCUT2D eigenvalue weighted by Gasteiger charge is -2.31. The molecule has 0 aliphatic carbocycles. The van der Waals surface area contributed by atoms with Crippen molar-refractivity contribution in [1.29, 1.82) is 0 Å². The monoisotopic (exact) mass is 530 g/mol. The van der Waals surface area contributed by atoms with Crippen molar-refractivity contribution in [3.05, 3.63) is 83.9 Å². The largest absolute Gasteiger partial charge is 0.494 e. The lowest BCUT2D eigenvalue weighted by atomic mass is 9.76. The summed E-state index contributed by atoms with van der Waals surface area (Å²) < 4.78 is 16.3. The van der Waals surface area contributed by atoms with Gasteiger partial charge in [0.1, 0.15) is 11.3 Å². The van der Waals surface area contributed by atoms with Gasteiger partial charge in [0.25, 0.3) is 0 Å². The summed E-state index contributed by atoms with van der Waals surface area (Å²) in [4.78, 5) is 42.3. The smallest absolute Gasteiger partial charge is 0.325 e. The number of carbonyl (C=O) groups excluding carboxylic acids is 2. The van der Waals surface area contributed by atoms with E-state index in [0.717, 1.165) is 10.5 Å². The van der Waals surface area contributed by atoms with Gasteiger partial charge in [0.15, 0.2) is 11.5 Å². The number of carboxylic acids is 1. The van der Waals surface area contributed by atoms with E-state index in [1.165, 1.54) is 14.2 Å². The molecular weight excluding hydrogens is 500 g/mol. The van der Waals surface area contributed by atoms with E-state index in [2.05, 4.69) is 5.32 Å². The van der Waals surface area contributed by atoms with E-state index in [9.17, 15) is 19.5 Å². The van der Waals surface area contributed by atoms with Crippen LogP contribution in [-0.2, 0) is 20.8 Å². The number of anilines is 1. The highest BCUT2D eigenvalue weighted by Gasteiger charge is 2.68. The highest BCUT2D eigenvalue weighted by Crippen LogP contribution is 2.51. The highest BCUT2D eigenvalue weighted by atomic mass is 16.5. The molecule has 3 aromatic carbocycles. The number of fused-ring (bicyclic) bond motifs is 1. The van der Waals surface area contributed by atoms with Gasteiger partial charge in [0, 0.05) is 12.5 Å². The second-order valence-corrected chi connectivity index (χ2v) is 9.62. The van der Waals surface area contributed by atoms with Gasteiger partial charge in [-0.25, -0.2) is 4.90 Å². The molecule has 0 unspecified atom stereocenters. The van der Waals surface area contributed by atoms with Gasteiger partial charge in [-0.15, -0.1) is 0 Å². The molecule has 2 amide bonds. The topological polar surface area (TPSA) is 114 Å².